The van der Waals surface area contributed by atoms with Gasteiger partial charge in [0.25, 0.3) is 5.71 Å². The Balaban J connectivity index is 1.33. The topological polar surface area (TPSA) is 36.4 Å². The summed E-state index contributed by atoms with van der Waals surface area (Å²) in [5, 5.41) is 0. The van der Waals surface area contributed by atoms with Crippen LogP contribution >= 0.6 is 0 Å². The molecule has 0 heterocycles. The molecule has 0 N–H and O–H groups in total. The van der Waals surface area contributed by atoms with Gasteiger partial charge in [0.1, 0.15) is 0 Å². The first-order chi connectivity index (χ1) is 16.4. The fourth-order valence-electron chi connectivity index (χ4n) is 4.60. The first kappa shape index (κ1) is 27.1. The van der Waals surface area contributed by atoms with Crippen LogP contribution in [0.15, 0.2) is 60.7 Å². The zero-order valence-electron chi connectivity index (χ0n) is 20.9. The molecule has 2 rings (SSSR count). The second kappa shape index (κ2) is 19.3. The molecule has 0 atom stereocenters. The van der Waals surface area contributed by atoms with E-state index in [4.69, 9.17) is 0 Å². The third-order valence-corrected chi connectivity index (χ3v) is 6.69. The molecule has 0 saturated heterocycles. The molecule has 0 fully saturated rings. The SMILES string of the molecule is [N-]=[N+]=C(CCCCCCCCCc1ccccc1)CCCCCCCCCc1ccccc1. The first-order valence-corrected chi connectivity index (χ1v) is 13.7. The molecule has 0 amide bonds. The number of benzene rings is 2. The summed E-state index contributed by atoms with van der Waals surface area (Å²) >= 11 is 0. The molecule has 0 aromatic heterocycles. The summed E-state index contributed by atoms with van der Waals surface area (Å²) in [5.41, 5.74) is 13.2. The van der Waals surface area contributed by atoms with Crippen molar-refractivity contribution in [2.75, 3.05) is 0 Å². The van der Waals surface area contributed by atoms with Gasteiger partial charge in [-0.1, -0.05) is 125 Å². The van der Waals surface area contributed by atoms with Crippen molar-refractivity contribution in [3.8, 4) is 0 Å². The standard InChI is InChI=1S/C31H46N2/c32-33-31(27-19-9-5-1-3-7-13-21-29-23-15-11-16-24-29)28-20-10-6-2-4-8-14-22-30-25-17-12-18-26-30/h11-12,15-18,23-26H,1-10,13-14,19-22,27-28H2. The van der Waals surface area contributed by atoms with Crippen LogP contribution in [0, 0.1) is 0 Å². The predicted octanol–water partition coefficient (Wildman–Crippen LogP) is 9.38. The van der Waals surface area contributed by atoms with E-state index in [2.05, 4.69) is 65.5 Å². The quantitative estimate of drug-likeness (QED) is 0.0840. The van der Waals surface area contributed by atoms with Gasteiger partial charge < -0.3 is 5.53 Å². The molecule has 180 valence electrons. The predicted molar refractivity (Wildman–Crippen MR) is 143 cm³/mol. The van der Waals surface area contributed by atoms with Gasteiger partial charge in [0.15, 0.2) is 0 Å². The van der Waals surface area contributed by atoms with Gasteiger partial charge in [0.05, 0.1) is 0 Å². The Hall–Kier alpha value is -2.18. The molecular weight excluding hydrogens is 400 g/mol. The Morgan fingerprint density at radius 1 is 0.455 bits per heavy atom. The van der Waals surface area contributed by atoms with Crippen molar-refractivity contribution in [3.05, 3.63) is 77.3 Å². The van der Waals surface area contributed by atoms with Crippen LogP contribution in [-0.4, -0.2) is 10.5 Å². The number of unbranched alkanes of at least 4 members (excludes halogenated alkanes) is 12. The van der Waals surface area contributed by atoms with Crippen LogP contribution in [0.2, 0.25) is 0 Å². The Labute approximate surface area is 203 Å². The van der Waals surface area contributed by atoms with Crippen molar-refractivity contribution in [3.63, 3.8) is 0 Å². The molecule has 33 heavy (non-hydrogen) atoms. The van der Waals surface area contributed by atoms with E-state index in [-0.39, 0.29) is 0 Å². The fraction of sp³-hybridized carbons (Fsp3) is 0.581. The first-order valence-electron chi connectivity index (χ1n) is 13.7. The Bertz CT molecular complexity index is 688. The Kier molecular flexibility index (Phi) is 15.8. The highest BCUT2D eigenvalue weighted by molar-refractivity contribution is 5.78. The maximum absolute atomic E-state index is 9.30. The molecule has 0 aliphatic heterocycles. The third-order valence-electron chi connectivity index (χ3n) is 6.69. The van der Waals surface area contributed by atoms with Gasteiger partial charge in [-0.25, -0.2) is 0 Å². The number of nitrogens with zero attached hydrogens (tertiary/aromatic N) is 2. The molecule has 0 unspecified atom stereocenters. The van der Waals surface area contributed by atoms with Crippen LogP contribution in [-0.2, 0) is 12.8 Å². The highest BCUT2D eigenvalue weighted by atomic mass is 14.9. The number of hydrogen-bond donors (Lipinski definition) is 0. The van der Waals surface area contributed by atoms with Crippen molar-refractivity contribution in [1.29, 1.82) is 0 Å². The second-order valence-electron chi connectivity index (χ2n) is 9.59. The van der Waals surface area contributed by atoms with Gasteiger partial charge in [0.2, 0.25) is 0 Å². The summed E-state index contributed by atoms with van der Waals surface area (Å²) in [5.74, 6) is 0. The van der Waals surface area contributed by atoms with E-state index in [1.807, 2.05) is 0 Å². The summed E-state index contributed by atoms with van der Waals surface area (Å²) < 4.78 is 0. The van der Waals surface area contributed by atoms with Crippen molar-refractivity contribution in [2.45, 2.75) is 116 Å². The molecule has 0 spiro atoms. The van der Waals surface area contributed by atoms with Gasteiger partial charge >= 0.3 is 0 Å². The molecule has 2 heteroatoms. The van der Waals surface area contributed by atoms with Gasteiger partial charge in [-0.3, -0.25) is 0 Å². The lowest BCUT2D eigenvalue weighted by Gasteiger charge is -2.03. The summed E-state index contributed by atoms with van der Waals surface area (Å²) in [4.78, 5) is 3.58. The van der Waals surface area contributed by atoms with Crippen molar-refractivity contribution < 1.29 is 4.79 Å². The third kappa shape index (κ3) is 14.6. The van der Waals surface area contributed by atoms with Crippen LogP contribution in [0.4, 0.5) is 0 Å². The van der Waals surface area contributed by atoms with Crippen LogP contribution in [0.25, 0.3) is 5.53 Å². The molecule has 2 aromatic carbocycles. The smallest absolute Gasteiger partial charge is 0.268 e. The fourth-order valence-corrected chi connectivity index (χ4v) is 4.60. The minimum atomic E-state index is 0.976. The van der Waals surface area contributed by atoms with Crippen LogP contribution in [0.3, 0.4) is 0 Å². The van der Waals surface area contributed by atoms with E-state index in [0.29, 0.717) is 0 Å². The minimum absolute atomic E-state index is 0.976. The van der Waals surface area contributed by atoms with Crippen molar-refractivity contribution >= 4 is 5.71 Å². The van der Waals surface area contributed by atoms with E-state index >= 15 is 0 Å². The van der Waals surface area contributed by atoms with Gasteiger partial charge in [-0.2, -0.15) is 4.79 Å². The lowest BCUT2D eigenvalue weighted by Crippen LogP contribution is -2.00. The maximum Gasteiger partial charge on any atom is 0.268 e. The normalized spacial score (nSPS) is 10.8. The largest absolute Gasteiger partial charge is 0.362 e. The summed E-state index contributed by atoms with van der Waals surface area (Å²) in [7, 11) is 0. The molecule has 0 aliphatic carbocycles. The second-order valence-corrected chi connectivity index (χ2v) is 9.59. The molecule has 2 aromatic rings. The van der Waals surface area contributed by atoms with Crippen LogP contribution in [0.1, 0.15) is 114 Å². The van der Waals surface area contributed by atoms with Gasteiger partial charge in [-0.05, 0) is 49.7 Å². The zero-order chi connectivity index (χ0) is 23.2. The van der Waals surface area contributed by atoms with Gasteiger partial charge in [0, 0.05) is 12.8 Å². The maximum atomic E-state index is 9.30. The van der Waals surface area contributed by atoms with Crippen LogP contribution in [0.5, 0.6) is 0 Å². The molecular formula is C31H46N2. The van der Waals surface area contributed by atoms with Crippen molar-refractivity contribution in [2.24, 2.45) is 0 Å². The van der Waals surface area contributed by atoms with E-state index in [0.717, 1.165) is 18.6 Å². The molecule has 0 saturated carbocycles. The van der Waals surface area contributed by atoms with Gasteiger partial charge in [-0.15, -0.1) is 0 Å². The van der Waals surface area contributed by atoms with E-state index < -0.39 is 0 Å². The summed E-state index contributed by atoms with van der Waals surface area (Å²) in [6.07, 6.45) is 22.5. The molecule has 0 aliphatic rings. The van der Waals surface area contributed by atoms with E-state index in [1.54, 1.807) is 0 Å². The van der Waals surface area contributed by atoms with Crippen molar-refractivity contribution in [1.82, 2.24) is 0 Å². The monoisotopic (exact) mass is 446 g/mol. The molecule has 2 nitrogen and oxygen atoms in total. The lowest BCUT2D eigenvalue weighted by molar-refractivity contribution is -0.0118. The highest BCUT2D eigenvalue weighted by Crippen LogP contribution is 2.14. The Morgan fingerprint density at radius 3 is 1.15 bits per heavy atom. The zero-order valence-corrected chi connectivity index (χ0v) is 20.9. The minimum Gasteiger partial charge on any atom is -0.362 e. The van der Waals surface area contributed by atoms with Crippen LogP contribution < -0.4 is 0 Å². The van der Waals surface area contributed by atoms with E-state index in [9.17, 15) is 5.53 Å². The number of aryl methyl sites for hydroxylation is 2. The average Bonchev–Trinajstić information content (AvgIpc) is 2.86. The molecule has 0 radical (unpaired) electrons. The Morgan fingerprint density at radius 2 is 0.788 bits per heavy atom. The average molecular weight is 447 g/mol. The summed E-state index contributed by atoms with van der Waals surface area (Å²) in [6.45, 7) is 0. The van der Waals surface area contributed by atoms with E-state index in [1.165, 1.54) is 114 Å². The highest BCUT2D eigenvalue weighted by Gasteiger charge is 2.07. The number of hydrogen-bond acceptors (Lipinski definition) is 0. The molecule has 0 bridgehead atoms. The lowest BCUT2D eigenvalue weighted by atomic mass is 10.0. The number of rotatable bonds is 20. The summed E-state index contributed by atoms with van der Waals surface area (Å²) in [6, 6.07) is 21.6.